The van der Waals surface area contributed by atoms with Crippen LogP contribution in [0.5, 0.6) is 0 Å². The zero-order chi connectivity index (χ0) is 12.3. The molecule has 0 aromatic heterocycles. The Morgan fingerprint density at radius 1 is 1.56 bits per heavy atom. The Hall–Kier alpha value is -1.16. The maximum Gasteiger partial charge on any atom is 0.304 e. The molecule has 0 fully saturated rings. The molecule has 1 rings (SSSR count). The summed E-state index contributed by atoms with van der Waals surface area (Å²) in [5, 5.41) is 8.93. The Kier molecular flexibility index (Phi) is 3.86. The standard InChI is InChI=1S/C11H11ClF2O2/c1-11(13,14)9(6-10(15)16)7-3-2-4-8(12)5-7/h2-5,9H,6H2,1H3,(H,15,16). The molecule has 2 nitrogen and oxygen atoms in total. The first-order chi connectivity index (χ1) is 7.30. The predicted octanol–water partition coefficient (Wildman–Crippen LogP) is 3.55. The number of benzene rings is 1. The molecule has 0 bridgehead atoms. The average Bonchev–Trinajstić information content (AvgIpc) is 2.12. The molecule has 16 heavy (non-hydrogen) atoms. The lowest BCUT2D eigenvalue weighted by Gasteiger charge is -2.22. The summed E-state index contributed by atoms with van der Waals surface area (Å²) in [6.07, 6.45) is -0.621. The average molecular weight is 249 g/mol. The first-order valence-electron chi connectivity index (χ1n) is 4.66. The van der Waals surface area contributed by atoms with Gasteiger partial charge in [0.25, 0.3) is 5.92 Å². The van der Waals surface area contributed by atoms with Crippen LogP contribution in [0.1, 0.15) is 24.8 Å². The van der Waals surface area contributed by atoms with Crippen molar-refractivity contribution in [3.63, 3.8) is 0 Å². The van der Waals surface area contributed by atoms with E-state index in [2.05, 4.69) is 0 Å². The SMILES string of the molecule is CC(F)(F)C(CC(=O)O)c1cccc(Cl)c1. The normalized spacial score (nSPS) is 13.5. The highest BCUT2D eigenvalue weighted by Gasteiger charge is 2.36. The van der Waals surface area contributed by atoms with Gasteiger partial charge >= 0.3 is 5.97 Å². The summed E-state index contributed by atoms with van der Waals surface area (Å²) in [6.45, 7) is 0.710. The first-order valence-corrected chi connectivity index (χ1v) is 5.03. The van der Waals surface area contributed by atoms with Crippen LogP contribution in [0.4, 0.5) is 8.78 Å². The Morgan fingerprint density at radius 2 is 2.19 bits per heavy atom. The molecule has 0 aliphatic rings. The predicted molar refractivity (Wildman–Crippen MR) is 57.1 cm³/mol. The molecule has 0 spiro atoms. The van der Waals surface area contributed by atoms with Crippen molar-refractivity contribution in [2.75, 3.05) is 0 Å². The summed E-state index contributed by atoms with van der Waals surface area (Å²) >= 11 is 5.68. The molecule has 1 atom stereocenters. The van der Waals surface area contributed by atoms with Crippen LogP contribution in [0.25, 0.3) is 0 Å². The molecule has 0 radical (unpaired) electrons. The Labute approximate surface area is 96.8 Å². The highest BCUT2D eigenvalue weighted by atomic mass is 35.5. The number of rotatable bonds is 4. The number of hydrogen-bond acceptors (Lipinski definition) is 1. The molecule has 5 heteroatoms. The van der Waals surface area contributed by atoms with Crippen LogP contribution in [0.3, 0.4) is 0 Å². The van der Waals surface area contributed by atoms with Crippen molar-refractivity contribution in [1.82, 2.24) is 0 Å². The maximum atomic E-state index is 13.3. The zero-order valence-electron chi connectivity index (χ0n) is 8.58. The molecule has 0 heterocycles. The van der Waals surface area contributed by atoms with Crippen molar-refractivity contribution in [1.29, 1.82) is 0 Å². The number of halogens is 3. The van der Waals surface area contributed by atoms with Crippen molar-refractivity contribution in [3.8, 4) is 0 Å². The van der Waals surface area contributed by atoms with Gasteiger partial charge in [0.05, 0.1) is 12.3 Å². The largest absolute Gasteiger partial charge is 0.481 e. The zero-order valence-corrected chi connectivity index (χ0v) is 9.34. The molecule has 1 N–H and O–H groups in total. The molecule has 0 saturated carbocycles. The smallest absolute Gasteiger partial charge is 0.304 e. The molecule has 0 saturated heterocycles. The van der Waals surface area contributed by atoms with Crippen LogP contribution >= 0.6 is 11.6 Å². The van der Waals surface area contributed by atoms with Gasteiger partial charge in [-0.3, -0.25) is 4.79 Å². The minimum atomic E-state index is -3.09. The van der Waals surface area contributed by atoms with E-state index in [1.165, 1.54) is 18.2 Å². The molecule has 1 aromatic carbocycles. The van der Waals surface area contributed by atoms with Crippen LogP contribution < -0.4 is 0 Å². The van der Waals surface area contributed by atoms with Gasteiger partial charge in [-0.25, -0.2) is 8.78 Å². The Balaban J connectivity index is 3.06. The van der Waals surface area contributed by atoms with Crippen molar-refractivity contribution in [3.05, 3.63) is 34.9 Å². The quantitative estimate of drug-likeness (QED) is 0.885. The molecule has 0 aliphatic heterocycles. The summed E-state index contributed by atoms with van der Waals surface area (Å²) in [6, 6.07) is 5.90. The van der Waals surface area contributed by atoms with Crippen molar-refractivity contribution in [2.45, 2.75) is 25.2 Å². The molecular weight excluding hydrogens is 238 g/mol. The third kappa shape index (κ3) is 3.45. The minimum Gasteiger partial charge on any atom is -0.481 e. The Morgan fingerprint density at radius 3 is 2.62 bits per heavy atom. The molecular formula is C11H11ClF2O2. The first kappa shape index (κ1) is 12.9. The highest BCUT2D eigenvalue weighted by Crippen LogP contribution is 2.36. The van der Waals surface area contributed by atoms with Crippen LogP contribution in [-0.2, 0) is 4.79 Å². The number of carbonyl (C=O) groups is 1. The van der Waals surface area contributed by atoms with Gasteiger partial charge in [0.2, 0.25) is 0 Å². The van der Waals surface area contributed by atoms with E-state index >= 15 is 0 Å². The third-order valence-corrected chi connectivity index (χ3v) is 2.48. The Bertz CT molecular complexity index is 388. The summed E-state index contributed by atoms with van der Waals surface area (Å²) in [4.78, 5) is 10.5. The van der Waals surface area contributed by atoms with E-state index in [1.807, 2.05) is 0 Å². The van der Waals surface area contributed by atoms with Gasteiger partial charge in [-0.2, -0.15) is 0 Å². The van der Waals surface area contributed by atoms with Crippen LogP contribution in [0.2, 0.25) is 5.02 Å². The monoisotopic (exact) mass is 248 g/mol. The number of carboxylic acids is 1. The van der Waals surface area contributed by atoms with Gasteiger partial charge in [0.15, 0.2) is 0 Å². The number of alkyl halides is 2. The van der Waals surface area contributed by atoms with E-state index in [4.69, 9.17) is 16.7 Å². The van der Waals surface area contributed by atoms with Crippen LogP contribution in [-0.4, -0.2) is 17.0 Å². The molecule has 1 unspecified atom stereocenters. The lowest BCUT2D eigenvalue weighted by Crippen LogP contribution is -2.24. The van der Waals surface area contributed by atoms with Crippen molar-refractivity contribution < 1.29 is 18.7 Å². The molecule has 1 aromatic rings. The number of aliphatic carboxylic acids is 1. The molecule has 88 valence electrons. The topological polar surface area (TPSA) is 37.3 Å². The number of carboxylic acid groups (broad SMARTS) is 1. The highest BCUT2D eigenvalue weighted by molar-refractivity contribution is 6.30. The minimum absolute atomic E-state index is 0.238. The van der Waals surface area contributed by atoms with Gasteiger partial charge in [0.1, 0.15) is 0 Å². The van der Waals surface area contributed by atoms with Gasteiger partial charge < -0.3 is 5.11 Å². The fourth-order valence-electron chi connectivity index (χ4n) is 1.49. The van der Waals surface area contributed by atoms with Gasteiger partial charge in [-0.05, 0) is 24.6 Å². The fraction of sp³-hybridized carbons (Fsp3) is 0.364. The number of hydrogen-bond donors (Lipinski definition) is 1. The van der Waals surface area contributed by atoms with E-state index in [0.29, 0.717) is 11.9 Å². The van der Waals surface area contributed by atoms with Gasteiger partial charge in [-0.15, -0.1) is 0 Å². The van der Waals surface area contributed by atoms with Crippen LogP contribution in [0.15, 0.2) is 24.3 Å². The van der Waals surface area contributed by atoms with E-state index in [1.54, 1.807) is 6.07 Å². The van der Waals surface area contributed by atoms with Crippen LogP contribution in [0, 0.1) is 0 Å². The second kappa shape index (κ2) is 4.78. The van der Waals surface area contributed by atoms with Gasteiger partial charge in [0, 0.05) is 5.02 Å². The third-order valence-electron chi connectivity index (χ3n) is 2.24. The fourth-order valence-corrected chi connectivity index (χ4v) is 1.69. The van der Waals surface area contributed by atoms with Crippen molar-refractivity contribution >= 4 is 17.6 Å². The maximum absolute atomic E-state index is 13.3. The van der Waals surface area contributed by atoms with Gasteiger partial charge in [-0.1, -0.05) is 23.7 Å². The van der Waals surface area contributed by atoms with E-state index < -0.39 is 24.2 Å². The van der Waals surface area contributed by atoms with E-state index in [-0.39, 0.29) is 5.56 Å². The van der Waals surface area contributed by atoms with E-state index in [0.717, 1.165) is 0 Å². The summed E-state index contributed by atoms with van der Waals surface area (Å²) in [7, 11) is 0. The molecule has 0 aliphatic carbocycles. The summed E-state index contributed by atoms with van der Waals surface area (Å²) in [5.74, 6) is -5.71. The summed E-state index contributed by atoms with van der Waals surface area (Å²) in [5.41, 5.74) is 0.238. The van der Waals surface area contributed by atoms with E-state index in [9.17, 15) is 13.6 Å². The summed E-state index contributed by atoms with van der Waals surface area (Å²) < 4.78 is 26.5. The lowest BCUT2D eigenvalue weighted by molar-refractivity contribution is -0.140. The second-order valence-electron chi connectivity index (χ2n) is 3.66. The molecule has 0 amide bonds. The van der Waals surface area contributed by atoms with Crippen molar-refractivity contribution in [2.24, 2.45) is 0 Å². The lowest BCUT2D eigenvalue weighted by atomic mass is 9.90. The second-order valence-corrected chi connectivity index (χ2v) is 4.10.